The predicted molar refractivity (Wildman–Crippen MR) is 177 cm³/mol. The van der Waals surface area contributed by atoms with Gasteiger partial charge in [0.15, 0.2) is 0 Å². The third kappa shape index (κ3) is 9.77. The second-order valence-corrected chi connectivity index (χ2v) is 11.6. The van der Waals surface area contributed by atoms with E-state index in [1.54, 1.807) is 12.1 Å². The lowest BCUT2D eigenvalue weighted by molar-refractivity contribution is -0.144. The topological polar surface area (TPSA) is 99.2 Å². The van der Waals surface area contributed by atoms with E-state index < -0.39 is 30.3 Å². The number of carbonyl (C=O) groups is 4. The molecule has 0 spiro atoms. The highest BCUT2D eigenvalue weighted by atomic mass is 16.5. The Balaban J connectivity index is 1.25. The molecular weight excluding hydrogens is 582 g/mol. The summed E-state index contributed by atoms with van der Waals surface area (Å²) in [7, 11) is 0. The molecule has 4 rings (SSSR count). The summed E-state index contributed by atoms with van der Waals surface area (Å²) in [4.78, 5) is 51.6. The Morgan fingerprint density at radius 1 is 0.609 bits per heavy atom. The molecule has 1 aliphatic heterocycles. The fourth-order valence-electron chi connectivity index (χ4n) is 5.33. The summed E-state index contributed by atoms with van der Waals surface area (Å²) in [6.07, 6.45) is 12.8. The fraction of sp³-hybridized carbons (Fsp3) is 0.421. The molecule has 3 aromatic rings. The van der Waals surface area contributed by atoms with Crippen LogP contribution in [0.4, 0.5) is 0 Å². The van der Waals surface area contributed by atoms with E-state index in [9.17, 15) is 19.2 Å². The van der Waals surface area contributed by atoms with E-state index in [-0.39, 0.29) is 23.3 Å². The van der Waals surface area contributed by atoms with Gasteiger partial charge in [-0.1, -0.05) is 95.9 Å². The van der Waals surface area contributed by atoms with Gasteiger partial charge in [-0.15, -0.1) is 0 Å². The van der Waals surface area contributed by atoms with Gasteiger partial charge in [-0.3, -0.25) is 19.3 Å². The Bertz CT molecular complexity index is 1460. The van der Waals surface area contributed by atoms with Gasteiger partial charge in [-0.05, 0) is 66.4 Å². The second-order valence-electron chi connectivity index (χ2n) is 11.6. The first kappa shape index (κ1) is 34.4. The molecule has 0 N–H and O–H groups in total. The van der Waals surface area contributed by atoms with Crippen molar-refractivity contribution in [1.82, 2.24) is 4.90 Å². The average Bonchev–Trinajstić information content (AvgIpc) is 3.30. The van der Waals surface area contributed by atoms with Crippen molar-refractivity contribution in [3.8, 4) is 22.6 Å². The maximum absolute atomic E-state index is 12.9. The average molecular weight is 628 g/mol. The smallest absolute Gasteiger partial charge is 0.343 e. The summed E-state index contributed by atoms with van der Waals surface area (Å²) >= 11 is 0. The Labute approximate surface area is 272 Å². The number of unbranched alkanes of at least 4 members (excludes halogenated alkanes) is 9. The van der Waals surface area contributed by atoms with E-state index in [0.29, 0.717) is 5.75 Å². The Hall–Kier alpha value is -4.46. The number of amides is 2. The molecule has 0 bridgehead atoms. The van der Waals surface area contributed by atoms with Crippen LogP contribution in [0, 0.1) is 0 Å². The molecule has 8 nitrogen and oxygen atoms in total. The molecule has 0 radical (unpaired) electrons. The van der Waals surface area contributed by atoms with E-state index in [1.807, 2.05) is 43.3 Å². The van der Waals surface area contributed by atoms with Gasteiger partial charge in [0.1, 0.15) is 18.0 Å². The van der Waals surface area contributed by atoms with E-state index >= 15 is 0 Å². The van der Waals surface area contributed by atoms with Crippen LogP contribution in [0.2, 0.25) is 0 Å². The first-order valence-electron chi connectivity index (χ1n) is 16.6. The van der Waals surface area contributed by atoms with Crippen LogP contribution in [-0.2, 0) is 9.53 Å². The number of benzene rings is 3. The van der Waals surface area contributed by atoms with Crippen LogP contribution in [0.1, 0.15) is 116 Å². The molecule has 0 atom stereocenters. The summed E-state index contributed by atoms with van der Waals surface area (Å²) in [5.41, 5.74) is 2.28. The molecule has 0 fully saturated rings. The Morgan fingerprint density at radius 3 is 1.80 bits per heavy atom. The van der Waals surface area contributed by atoms with Gasteiger partial charge >= 0.3 is 11.9 Å². The fourth-order valence-corrected chi connectivity index (χ4v) is 5.33. The van der Waals surface area contributed by atoms with Crippen LogP contribution < -0.4 is 9.47 Å². The van der Waals surface area contributed by atoms with Crippen molar-refractivity contribution in [3.63, 3.8) is 0 Å². The quantitative estimate of drug-likeness (QED) is 0.0569. The van der Waals surface area contributed by atoms with Crippen molar-refractivity contribution in [2.75, 3.05) is 19.8 Å². The van der Waals surface area contributed by atoms with E-state index in [1.165, 1.54) is 63.1 Å². The standard InChI is InChI=1S/C38H45NO7/c1-3-5-7-8-9-10-11-13-24-44-31-19-14-28(15-20-31)29-16-21-32(22-17-29)46-38(43)30-18-23-33-34(26-30)37(42)39(36(33)41)27-35(40)45-25-12-6-4-2/h14-23,26H,3-13,24-25,27H2,1-2H3. The molecule has 0 saturated heterocycles. The van der Waals surface area contributed by atoms with Crippen LogP contribution in [0.25, 0.3) is 11.1 Å². The monoisotopic (exact) mass is 627 g/mol. The van der Waals surface area contributed by atoms with Gasteiger partial charge in [0.2, 0.25) is 0 Å². The normalized spacial score (nSPS) is 12.3. The number of hydrogen-bond donors (Lipinski definition) is 0. The number of carbonyl (C=O) groups excluding carboxylic acids is 4. The molecule has 1 heterocycles. The minimum atomic E-state index is -0.664. The molecule has 8 heteroatoms. The van der Waals surface area contributed by atoms with Gasteiger partial charge in [0.25, 0.3) is 11.8 Å². The van der Waals surface area contributed by atoms with Crippen molar-refractivity contribution in [2.45, 2.75) is 84.5 Å². The molecule has 0 unspecified atom stereocenters. The molecule has 0 saturated carbocycles. The van der Waals surface area contributed by atoms with Crippen LogP contribution in [0.3, 0.4) is 0 Å². The van der Waals surface area contributed by atoms with Crippen LogP contribution in [-0.4, -0.2) is 48.4 Å². The lowest BCUT2D eigenvalue weighted by Gasteiger charge is -2.12. The van der Waals surface area contributed by atoms with Crippen molar-refractivity contribution in [2.24, 2.45) is 0 Å². The highest BCUT2D eigenvalue weighted by Crippen LogP contribution is 2.27. The third-order valence-electron chi connectivity index (χ3n) is 8.02. The molecule has 244 valence electrons. The van der Waals surface area contributed by atoms with Gasteiger partial charge in [-0.25, -0.2) is 4.79 Å². The minimum Gasteiger partial charge on any atom is -0.494 e. The van der Waals surface area contributed by atoms with Crippen LogP contribution >= 0.6 is 0 Å². The van der Waals surface area contributed by atoms with Gasteiger partial charge in [-0.2, -0.15) is 0 Å². The Kier molecular flexibility index (Phi) is 13.4. The molecule has 0 aliphatic carbocycles. The highest BCUT2D eigenvalue weighted by Gasteiger charge is 2.37. The third-order valence-corrected chi connectivity index (χ3v) is 8.02. The molecule has 1 aliphatic rings. The van der Waals surface area contributed by atoms with Crippen LogP contribution in [0.5, 0.6) is 11.5 Å². The minimum absolute atomic E-state index is 0.0545. The van der Waals surface area contributed by atoms with Crippen molar-refractivity contribution >= 4 is 23.8 Å². The number of hydrogen-bond acceptors (Lipinski definition) is 7. The summed E-state index contributed by atoms with van der Waals surface area (Å²) in [5, 5.41) is 0. The number of imide groups is 1. The summed E-state index contributed by atoms with van der Waals surface area (Å²) < 4.78 is 16.6. The zero-order valence-electron chi connectivity index (χ0n) is 27.1. The van der Waals surface area contributed by atoms with Crippen molar-refractivity contribution in [1.29, 1.82) is 0 Å². The highest BCUT2D eigenvalue weighted by molar-refractivity contribution is 6.22. The maximum atomic E-state index is 12.9. The lowest BCUT2D eigenvalue weighted by Crippen LogP contribution is -2.35. The zero-order valence-corrected chi connectivity index (χ0v) is 27.1. The number of fused-ring (bicyclic) bond motifs is 1. The zero-order chi connectivity index (χ0) is 32.7. The first-order chi connectivity index (χ1) is 22.4. The summed E-state index contributed by atoms with van der Waals surface area (Å²) in [6.45, 7) is 4.77. The van der Waals surface area contributed by atoms with E-state index in [0.717, 1.165) is 54.1 Å². The molecule has 3 aromatic carbocycles. The van der Waals surface area contributed by atoms with E-state index in [4.69, 9.17) is 14.2 Å². The number of esters is 2. The van der Waals surface area contributed by atoms with Crippen LogP contribution in [0.15, 0.2) is 66.7 Å². The molecule has 0 aromatic heterocycles. The van der Waals surface area contributed by atoms with Gasteiger partial charge < -0.3 is 14.2 Å². The number of rotatable bonds is 19. The van der Waals surface area contributed by atoms with E-state index in [2.05, 4.69) is 6.92 Å². The Morgan fingerprint density at radius 2 is 1.15 bits per heavy atom. The number of nitrogens with zero attached hydrogens (tertiary/aromatic N) is 1. The maximum Gasteiger partial charge on any atom is 0.343 e. The molecule has 2 amide bonds. The summed E-state index contributed by atoms with van der Waals surface area (Å²) in [5.74, 6) is -1.36. The SMILES string of the molecule is CCCCCCCCCCOc1ccc(-c2ccc(OC(=O)c3ccc4c(c3)C(=O)N(CC(=O)OCCCCC)C4=O)cc2)cc1. The first-order valence-corrected chi connectivity index (χ1v) is 16.6. The second kappa shape index (κ2) is 17.9. The van der Waals surface area contributed by atoms with Gasteiger partial charge in [0.05, 0.1) is 29.9 Å². The lowest BCUT2D eigenvalue weighted by atomic mass is 10.1. The molecule has 46 heavy (non-hydrogen) atoms. The largest absolute Gasteiger partial charge is 0.494 e. The molecular formula is C38H45NO7. The van der Waals surface area contributed by atoms with Crippen molar-refractivity contribution < 1.29 is 33.4 Å². The van der Waals surface area contributed by atoms with Gasteiger partial charge in [0, 0.05) is 0 Å². The number of ether oxygens (including phenoxy) is 3. The predicted octanol–water partition coefficient (Wildman–Crippen LogP) is 8.42. The van der Waals surface area contributed by atoms with Crippen molar-refractivity contribution in [3.05, 3.63) is 83.4 Å². The summed E-state index contributed by atoms with van der Waals surface area (Å²) in [6, 6.07) is 19.2.